The number of H-pyrrole nitrogens is 1. The van der Waals surface area contributed by atoms with Gasteiger partial charge in [0.1, 0.15) is 18.1 Å². The Morgan fingerprint density at radius 3 is 2.19 bits per heavy atom. The van der Waals surface area contributed by atoms with Crippen molar-refractivity contribution in [2.75, 3.05) is 5.75 Å². The fourth-order valence-electron chi connectivity index (χ4n) is 2.84. The standard InChI is InChI=1S/C20H34N6O5S/c1-5-11(4)15(21)18(28)24-13(6-12-7-22-9-23-12)17(27)26-16(10(2)3)19(29)25-14(8-32)20(30)31/h7,9-11,13-16,32H,5-6,8,21H2,1-4H3,(H,22,23)(H,24,28)(H,25,29)(H,26,27)(H,30,31). The Morgan fingerprint density at radius 2 is 1.72 bits per heavy atom. The first-order valence-corrected chi connectivity index (χ1v) is 11.1. The summed E-state index contributed by atoms with van der Waals surface area (Å²) in [4.78, 5) is 56.3. The van der Waals surface area contributed by atoms with Crippen LogP contribution < -0.4 is 21.7 Å². The number of aromatic amines is 1. The molecule has 5 unspecified atom stereocenters. The number of aliphatic carboxylic acids is 1. The third-order valence-corrected chi connectivity index (χ3v) is 5.58. The zero-order valence-corrected chi connectivity index (χ0v) is 19.7. The molecule has 0 aliphatic carbocycles. The maximum Gasteiger partial charge on any atom is 0.327 e. The number of thiol groups is 1. The molecule has 7 N–H and O–H groups in total. The minimum atomic E-state index is -1.23. The summed E-state index contributed by atoms with van der Waals surface area (Å²) in [6.45, 7) is 7.17. The van der Waals surface area contributed by atoms with E-state index in [1.54, 1.807) is 13.8 Å². The number of hydrogen-bond donors (Lipinski definition) is 7. The zero-order chi connectivity index (χ0) is 24.4. The van der Waals surface area contributed by atoms with Gasteiger partial charge in [-0.15, -0.1) is 0 Å². The summed E-state index contributed by atoms with van der Waals surface area (Å²) in [5.74, 6) is -3.51. The fourth-order valence-corrected chi connectivity index (χ4v) is 3.09. The van der Waals surface area contributed by atoms with E-state index in [-0.39, 0.29) is 24.0 Å². The van der Waals surface area contributed by atoms with E-state index >= 15 is 0 Å². The molecule has 0 saturated carbocycles. The van der Waals surface area contributed by atoms with Gasteiger partial charge in [0.15, 0.2) is 0 Å². The first kappa shape index (κ1) is 27.4. The molecule has 1 heterocycles. The number of nitrogens with zero attached hydrogens (tertiary/aromatic N) is 1. The highest BCUT2D eigenvalue weighted by Crippen LogP contribution is 2.08. The average molecular weight is 471 g/mol. The minimum Gasteiger partial charge on any atom is -0.480 e. The van der Waals surface area contributed by atoms with Crippen molar-refractivity contribution in [3.8, 4) is 0 Å². The third-order valence-electron chi connectivity index (χ3n) is 5.22. The molecule has 0 spiro atoms. The van der Waals surface area contributed by atoms with Crippen molar-refractivity contribution in [2.24, 2.45) is 17.6 Å². The Morgan fingerprint density at radius 1 is 1.09 bits per heavy atom. The van der Waals surface area contributed by atoms with Crippen LogP contribution in [0.1, 0.15) is 39.8 Å². The second-order valence-electron chi connectivity index (χ2n) is 8.07. The molecule has 0 aliphatic rings. The zero-order valence-electron chi connectivity index (χ0n) is 18.8. The van der Waals surface area contributed by atoms with E-state index < -0.39 is 47.9 Å². The molecular formula is C20H34N6O5S. The van der Waals surface area contributed by atoms with E-state index in [0.29, 0.717) is 12.1 Å². The number of aromatic nitrogens is 2. The minimum absolute atomic E-state index is 0.0887. The monoisotopic (exact) mass is 470 g/mol. The first-order chi connectivity index (χ1) is 15.0. The molecule has 1 rings (SSSR count). The van der Waals surface area contributed by atoms with Gasteiger partial charge in [-0.2, -0.15) is 12.6 Å². The van der Waals surface area contributed by atoms with Crippen LogP contribution in [0.15, 0.2) is 12.5 Å². The van der Waals surface area contributed by atoms with E-state index in [1.165, 1.54) is 12.5 Å². The highest BCUT2D eigenvalue weighted by molar-refractivity contribution is 7.80. The molecule has 32 heavy (non-hydrogen) atoms. The summed E-state index contributed by atoms with van der Waals surface area (Å²) in [5, 5.41) is 16.8. The van der Waals surface area contributed by atoms with E-state index in [9.17, 15) is 19.2 Å². The summed E-state index contributed by atoms with van der Waals surface area (Å²) in [6, 6.07) is -4.04. The van der Waals surface area contributed by atoms with Crippen molar-refractivity contribution >= 4 is 36.3 Å². The Labute approximate surface area is 193 Å². The lowest BCUT2D eigenvalue weighted by atomic mass is 9.98. The van der Waals surface area contributed by atoms with Crippen LogP contribution in [-0.2, 0) is 25.6 Å². The summed E-state index contributed by atoms with van der Waals surface area (Å²) < 4.78 is 0. The number of carboxylic acids is 1. The Balaban J connectivity index is 3.01. The van der Waals surface area contributed by atoms with Crippen LogP contribution in [0.25, 0.3) is 0 Å². The van der Waals surface area contributed by atoms with Gasteiger partial charge in [0, 0.05) is 24.1 Å². The second-order valence-corrected chi connectivity index (χ2v) is 8.43. The van der Waals surface area contributed by atoms with Gasteiger partial charge in [-0.25, -0.2) is 9.78 Å². The topological polar surface area (TPSA) is 179 Å². The third kappa shape index (κ3) is 8.15. The lowest BCUT2D eigenvalue weighted by molar-refractivity contribution is -0.142. The van der Waals surface area contributed by atoms with Gasteiger partial charge in [-0.3, -0.25) is 14.4 Å². The Hall–Kier alpha value is -2.60. The van der Waals surface area contributed by atoms with Gasteiger partial charge in [-0.1, -0.05) is 34.1 Å². The first-order valence-electron chi connectivity index (χ1n) is 10.5. The molecule has 0 bridgehead atoms. The van der Waals surface area contributed by atoms with E-state index in [1.807, 2.05) is 13.8 Å². The number of nitrogens with one attached hydrogen (secondary N) is 4. The number of rotatable bonds is 13. The number of amides is 3. The number of imidazole rings is 1. The molecule has 0 saturated heterocycles. The maximum absolute atomic E-state index is 13.1. The van der Waals surface area contributed by atoms with Crippen LogP contribution in [-0.4, -0.2) is 68.7 Å². The van der Waals surface area contributed by atoms with E-state index in [2.05, 4.69) is 38.5 Å². The van der Waals surface area contributed by atoms with E-state index in [4.69, 9.17) is 10.8 Å². The van der Waals surface area contributed by atoms with Gasteiger partial charge < -0.3 is 31.8 Å². The molecule has 1 aromatic rings. The maximum atomic E-state index is 13.1. The summed E-state index contributed by atoms with van der Waals surface area (Å²) >= 11 is 3.93. The highest BCUT2D eigenvalue weighted by atomic mass is 32.1. The SMILES string of the molecule is CCC(C)C(N)C(=O)NC(Cc1cnc[nH]1)C(=O)NC(C(=O)NC(CS)C(=O)O)C(C)C. The van der Waals surface area contributed by atoms with Crippen molar-refractivity contribution in [2.45, 2.75) is 64.7 Å². The van der Waals surface area contributed by atoms with Crippen LogP contribution >= 0.6 is 12.6 Å². The average Bonchev–Trinajstić information content (AvgIpc) is 3.26. The molecule has 12 heteroatoms. The predicted molar refractivity (Wildman–Crippen MR) is 122 cm³/mol. The molecule has 3 amide bonds. The number of carbonyl (C=O) groups is 4. The number of hydrogen-bond acceptors (Lipinski definition) is 7. The van der Waals surface area contributed by atoms with Crippen LogP contribution in [0.5, 0.6) is 0 Å². The second kappa shape index (κ2) is 13.1. The lowest BCUT2D eigenvalue weighted by Crippen LogP contribution is -2.59. The molecule has 1 aromatic heterocycles. The Kier molecular flexibility index (Phi) is 11.2. The predicted octanol–water partition coefficient (Wildman–Crippen LogP) is -0.550. The number of carbonyl (C=O) groups excluding carboxylic acids is 3. The van der Waals surface area contributed by atoms with Crippen molar-refractivity contribution < 1.29 is 24.3 Å². The summed E-state index contributed by atoms with van der Waals surface area (Å²) in [5.41, 5.74) is 6.60. The molecule has 0 aromatic carbocycles. The smallest absolute Gasteiger partial charge is 0.327 e. The molecule has 0 radical (unpaired) electrons. The normalized spacial score (nSPS) is 15.8. The molecule has 180 valence electrons. The highest BCUT2D eigenvalue weighted by Gasteiger charge is 2.32. The van der Waals surface area contributed by atoms with Gasteiger partial charge in [0.05, 0.1) is 12.4 Å². The molecule has 11 nitrogen and oxygen atoms in total. The lowest BCUT2D eigenvalue weighted by Gasteiger charge is -2.27. The molecule has 5 atom stereocenters. The molecular weight excluding hydrogens is 436 g/mol. The van der Waals surface area contributed by atoms with Crippen molar-refractivity contribution in [1.82, 2.24) is 25.9 Å². The van der Waals surface area contributed by atoms with Crippen LogP contribution in [0.3, 0.4) is 0 Å². The van der Waals surface area contributed by atoms with Gasteiger partial charge in [-0.05, 0) is 11.8 Å². The quantitative estimate of drug-likeness (QED) is 0.189. The van der Waals surface area contributed by atoms with Gasteiger partial charge in [0.2, 0.25) is 17.7 Å². The molecule has 0 aliphatic heterocycles. The van der Waals surface area contributed by atoms with Crippen molar-refractivity contribution in [3.05, 3.63) is 18.2 Å². The van der Waals surface area contributed by atoms with Crippen LogP contribution in [0.2, 0.25) is 0 Å². The van der Waals surface area contributed by atoms with Crippen LogP contribution in [0.4, 0.5) is 0 Å². The Bertz CT molecular complexity index is 773. The van der Waals surface area contributed by atoms with Crippen molar-refractivity contribution in [3.63, 3.8) is 0 Å². The molecule has 0 fully saturated rings. The van der Waals surface area contributed by atoms with E-state index in [0.717, 1.165) is 0 Å². The number of nitrogens with two attached hydrogens (primary N) is 1. The fraction of sp³-hybridized carbons (Fsp3) is 0.650. The largest absolute Gasteiger partial charge is 0.480 e. The summed E-state index contributed by atoms with van der Waals surface area (Å²) in [7, 11) is 0. The number of carboxylic acid groups (broad SMARTS) is 1. The van der Waals surface area contributed by atoms with Crippen LogP contribution in [0, 0.1) is 11.8 Å². The summed E-state index contributed by atoms with van der Waals surface area (Å²) in [6.07, 6.45) is 3.77. The van der Waals surface area contributed by atoms with Gasteiger partial charge in [0.25, 0.3) is 0 Å². The van der Waals surface area contributed by atoms with Gasteiger partial charge >= 0.3 is 5.97 Å². The van der Waals surface area contributed by atoms with Crippen molar-refractivity contribution in [1.29, 1.82) is 0 Å².